The van der Waals surface area contributed by atoms with Crippen molar-refractivity contribution in [3.63, 3.8) is 0 Å². The van der Waals surface area contributed by atoms with E-state index in [-0.39, 0.29) is 5.92 Å². The van der Waals surface area contributed by atoms with E-state index >= 15 is 0 Å². The number of rotatable bonds is 5. The van der Waals surface area contributed by atoms with E-state index in [2.05, 4.69) is 15.3 Å². The quantitative estimate of drug-likeness (QED) is 0.855. The van der Waals surface area contributed by atoms with E-state index in [1.807, 2.05) is 42.5 Å². The number of aliphatic imine (C=N–C) groups is 1. The van der Waals surface area contributed by atoms with Crippen molar-refractivity contribution in [1.82, 2.24) is 10.3 Å². The van der Waals surface area contributed by atoms with E-state index in [0.717, 1.165) is 42.9 Å². The average Bonchev–Trinajstić information content (AvgIpc) is 3.07. The van der Waals surface area contributed by atoms with Gasteiger partial charge in [-0.1, -0.05) is 24.3 Å². The zero-order chi connectivity index (χ0) is 14.5. The topological polar surface area (TPSA) is 54.4 Å². The number of hydrogen-bond donors (Lipinski definition) is 1. The molecule has 0 bridgehead atoms. The SMILES string of the molecule is O=Cc1cccc(C(CC2=NCCN2)c2ccccn2)c1. The van der Waals surface area contributed by atoms with Crippen molar-refractivity contribution >= 4 is 12.1 Å². The molecule has 1 aromatic heterocycles. The molecule has 0 saturated carbocycles. The van der Waals surface area contributed by atoms with Crippen molar-refractivity contribution in [1.29, 1.82) is 0 Å². The fraction of sp³-hybridized carbons (Fsp3) is 0.235. The Morgan fingerprint density at radius 1 is 1.24 bits per heavy atom. The number of aldehydes is 1. The van der Waals surface area contributed by atoms with Gasteiger partial charge in [0.1, 0.15) is 6.29 Å². The van der Waals surface area contributed by atoms with Gasteiger partial charge in [0, 0.05) is 36.3 Å². The lowest BCUT2D eigenvalue weighted by molar-refractivity contribution is 0.112. The summed E-state index contributed by atoms with van der Waals surface area (Å²) >= 11 is 0. The molecule has 1 aliphatic rings. The first-order chi connectivity index (χ1) is 10.4. The summed E-state index contributed by atoms with van der Waals surface area (Å²) in [5.74, 6) is 1.12. The highest BCUT2D eigenvalue weighted by Crippen LogP contribution is 2.27. The van der Waals surface area contributed by atoms with Gasteiger partial charge in [0.25, 0.3) is 0 Å². The molecule has 1 aromatic carbocycles. The van der Waals surface area contributed by atoms with Crippen LogP contribution in [0.25, 0.3) is 0 Å². The van der Waals surface area contributed by atoms with Gasteiger partial charge in [-0.25, -0.2) is 0 Å². The number of benzene rings is 1. The number of pyridine rings is 1. The van der Waals surface area contributed by atoms with E-state index in [1.165, 1.54) is 0 Å². The Morgan fingerprint density at radius 3 is 2.90 bits per heavy atom. The smallest absolute Gasteiger partial charge is 0.150 e. The highest BCUT2D eigenvalue weighted by atomic mass is 16.1. The molecule has 1 aliphatic heterocycles. The van der Waals surface area contributed by atoms with Gasteiger partial charge in [-0.3, -0.25) is 14.8 Å². The first-order valence-electron chi connectivity index (χ1n) is 7.10. The molecule has 0 saturated heterocycles. The number of aromatic nitrogens is 1. The van der Waals surface area contributed by atoms with Crippen LogP contribution in [0.15, 0.2) is 53.7 Å². The summed E-state index contributed by atoms with van der Waals surface area (Å²) in [5, 5.41) is 3.31. The van der Waals surface area contributed by atoms with E-state index in [1.54, 1.807) is 6.20 Å². The van der Waals surface area contributed by atoms with Gasteiger partial charge in [0.2, 0.25) is 0 Å². The number of amidine groups is 1. The molecule has 21 heavy (non-hydrogen) atoms. The maximum Gasteiger partial charge on any atom is 0.150 e. The molecule has 4 heteroatoms. The minimum Gasteiger partial charge on any atom is -0.372 e. The maximum absolute atomic E-state index is 11.0. The number of carbonyl (C=O) groups excluding carboxylic acids is 1. The second-order valence-corrected chi connectivity index (χ2v) is 5.05. The largest absolute Gasteiger partial charge is 0.372 e. The molecular weight excluding hydrogens is 262 g/mol. The van der Waals surface area contributed by atoms with Gasteiger partial charge in [-0.2, -0.15) is 0 Å². The Bertz CT molecular complexity index is 652. The van der Waals surface area contributed by atoms with Crippen LogP contribution in [-0.4, -0.2) is 30.2 Å². The Kier molecular flexibility index (Phi) is 4.05. The predicted octanol–water partition coefficient (Wildman–Crippen LogP) is 2.42. The van der Waals surface area contributed by atoms with Gasteiger partial charge in [-0.05, 0) is 23.8 Å². The lowest BCUT2D eigenvalue weighted by Gasteiger charge is -2.17. The normalized spacial score (nSPS) is 15.1. The zero-order valence-corrected chi connectivity index (χ0v) is 11.7. The number of carbonyl (C=O) groups is 1. The number of hydrogen-bond acceptors (Lipinski definition) is 4. The van der Waals surface area contributed by atoms with Crippen LogP contribution in [0.1, 0.15) is 34.0 Å². The summed E-state index contributed by atoms with van der Waals surface area (Å²) in [6.07, 6.45) is 3.46. The Morgan fingerprint density at radius 2 is 2.19 bits per heavy atom. The molecule has 0 amide bonds. The summed E-state index contributed by atoms with van der Waals surface area (Å²) in [6.45, 7) is 1.73. The van der Waals surface area contributed by atoms with E-state index in [0.29, 0.717) is 5.56 Å². The molecule has 0 fully saturated rings. The summed E-state index contributed by atoms with van der Waals surface area (Å²) in [4.78, 5) is 20.0. The Hall–Kier alpha value is -2.49. The average molecular weight is 279 g/mol. The Labute approximate surface area is 123 Å². The maximum atomic E-state index is 11.0. The summed E-state index contributed by atoms with van der Waals surface area (Å²) in [5.41, 5.74) is 2.78. The van der Waals surface area contributed by atoms with Crippen molar-refractivity contribution in [2.45, 2.75) is 12.3 Å². The monoisotopic (exact) mass is 279 g/mol. The fourth-order valence-corrected chi connectivity index (χ4v) is 2.60. The van der Waals surface area contributed by atoms with Crippen LogP contribution in [0.2, 0.25) is 0 Å². The van der Waals surface area contributed by atoms with Gasteiger partial charge >= 0.3 is 0 Å². The third-order valence-corrected chi connectivity index (χ3v) is 3.63. The zero-order valence-electron chi connectivity index (χ0n) is 11.7. The second-order valence-electron chi connectivity index (χ2n) is 5.05. The van der Waals surface area contributed by atoms with E-state index in [9.17, 15) is 4.79 Å². The predicted molar refractivity (Wildman–Crippen MR) is 82.8 cm³/mol. The highest BCUT2D eigenvalue weighted by molar-refractivity contribution is 5.85. The molecule has 3 rings (SSSR count). The summed E-state index contributed by atoms with van der Waals surface area (Å²) in [6, 6.07) is 13.6. The van der Waals surface area contributed by atoms with Crippen molar-refractivity contribution in [3.05, 3.63) is 65.5 Å². The summed E-state index contributed by atoms with van der Waals surface area (Å²) in [7, 11) is 0. The molecule has 2 heterocycles. The van der Waals surface area contributed by atoms with Gasteiger partial charge in [0.05, 0.1) is 12.4 Å². The van der Waals surface area contributed by atoms with Crippen LogP contribution in [0.3, 0.4) is 0 Å². The minimum absolute atomic E-state index is 0.107. The van der Waals surface area contributed by atoms with E-state index < -0.39 is 0 Å². The van der Waals surface area contributed by atoms with Crippen LogP contribution in [0.5, 0.6) is 0 Å². The van der Waals surface area contributed by atoms with Crippen molar-refractivity contribution in [2.75, 3.05) is 13.1 Å². The molecule has 1 unspecified atom stereocenters. The number of nitrogens with zero attached hydrogens (tertiary/aromatic N) is 2. The van der Waals surface area contributed by atoms with Gasteiger partial charge in [0.15, 0.2) is 0 Å². The van der Waals surface area contributed by atoms with Crippen LogP contribution < -0.4 is 5.32 Å². The lowest BCUT2D eigenvalue weighted by atomic mass is 9.90. The molecule has 4 nitrogen and oxygen atoms in total. The molecule has 0 radical (unpaired) electrons. The first-order valence-corrected chi connectivity index (χ1v) is 7.10. The van der Waals surface area contributed by atoms with Crippen LogP contribution in [0, 0.1) is 0 Å². The molecular formula is C17H17N3O. The lowest BCUT2D eigenvalue weighted by Crippen LogP contribution is -2.21. The third-order valence-electron chi connectivity index (χ3n) is 3.63. The first kappa shape index (κ1) is 13.5. The van der Waals surface area contributed by atoms with Crippen molar-refractivity contribution < 1.29 is 4.79 Å². The van der Waals surface area contributed by atoms with Crippen LogP contribution in [-0.2, 0) is 0 Å². The van der Waals surface area contributed by atoms with Crippen molar-refractivity contribution in [3.8, 4) is 0 Å². The molecule has 2 aromatic rings. The van der Waals surface area contributed by atoms with E-state index in [4.69, 9.17) is 0 Å². The highest BCUT2D eigenvalue weighted by Gasteiger charge is 2.19. The number of nitrogens with one attached hydrogen (secondary N) is 1. The molecule has 106 valence electrons. The van der Waals surface area contributed by atoms with Gasteiger partial charge < -0.3 is 5.32 Å². The molecule has 0 spiro atoms. The minimum atomic E-state index is 0.107. The molecule has 1 atom stereocenters. The standard InChI is InChI=1S/C17H17N3O/c21-12-13-4-3-5-14(10-13)15(11-17-19-8-9-20-17)16-6-1-2-7-18-16/h1-7,10,12,15H,8-9,11H2,(H,19,20). The fourth-order valence-electron chi connectivity index (χ4n) is 2.60. The molecule has 0 aliphatic carbocycles. The molecule has 1 N–H and O–H groups in total. The Balaban J connectivity index is 1.96. The van der Waals surface area contributed by atoms with Crippen LogP contribution in [0.4, 0.5) is 0 Å². The summed E-state index contributed by atoms with van der Waals surface area (Å²) < 4.78 is 0. The second kappa shape index (κ2) is 6.31. The van der Waals surface area contributed by atoms with Crippen LogP contribution >= 0.6 is 0 Å². The van der Waals surface area contributed by atoms with Crippen molar-refractivity contribution in [2.24, 2.45) is 4.99 Å². The third kappa shape index (κ3) is 3.16. The van der Waals surface area contributed by atoms with Gasteiger partial charge in [-0.15, -0.1) is 0 Å².